The number of aryl methyl sites for hydroxylation is 2. The van der Waals surface area contributed by atoms with Crippen molar-refractivity contribution < 1.29 is 13.6 Å². The molecule has 3 fully saturated rings. The Hall–Kier alpha value is -2.52. The maximum absolute atomic E-state index is 13.3. The van der Waals surface area contributed by atoms with Gasteiger partial charge < -0.3 is 15.1 Å². The quantitative estimate of drug-likeness (QED) is 0.803. The van der Waals surface area contributed by atoms with E-state index in [4.69, 9.17) is 0 Å². The summed E-state index contributed by atoms with van der Waals surface area (Å²) in [5.74, 6) is -1.45. The third-order valence-corrected chi connectivity index (χ3v) is 5.75. The number of nitrogens with zero attached hydrogens (tertiary/aromatic N) is 6. The highest BCUT2D eigenvalue weighted by Gasteiger charge is 2.42. The van der Waals surface area contributed by atoms with Crippen LogP contribution in [-0.4, -0.2) is 67.7 Å². The van der Waals surface area contributed by atoms with E-state index >= 15 is 0 Å². The van der Waals surface area contributed by atoms with Gasteiger partial charge in [0.05, 0.1) is 11.7 Å². The molecule has 1 N–H and O–H groups in total. The predicted molar refractivity (Wildman–Crippen MR) is 109 cm³/mol. The molecule has 2 amide bonds. The van der Waals surface area contributed by atoms with Crippen LogP contribution in [0, 0.1) is 6.92 Å². The van der Waals surface area contributed by atoms with E-state index < -0.39 is 5.92 Å². The monoisotopic (exact) mass is 421 g/mol. The lowest BCUT2D eigenvalue weighted by atomic mass is 9.91. The normalized spacial score (nSPS) is 21.7. The molecule has 5 heterocycles. The number of alkyl halides is 2. The number of urea groups is 1. The van der Waals surface area contributed by atoms with Gasteiger partial charge in [-0.25, -0.2) is 18.6 Å². The molecule has 5 rings (SSSR count). The number of halogens is 2. The maximum atomic E-state index is 13.3. The molecular weight excluding hydrogens is 392 g/mol. The van der Waals surface area contributed by atoms with Crippen molar-refractivity contribution in [2.45, 2.75) is 77.4 Å². The topological polar surface area (TPSA) is 78.7 Å². The first kappa shape index (κ1) is 20.7. The highest BCUT2D eigenvalue weighted by molar-refractivity contribution is 5.75. The summed E-state index contributed by atoms with van der Waals surface area (Å²) in [5, 5.41) is 7.52. The minimum absolute atomic E-state index is 0.0229. The van der Waals surface area contributed by atoms with Crippen molar-refractivity contribution in [2.24, 2.45) is 0 Å². The number of anilines is 1. The van der Waals surface area contributed by atoms with E-state index in [9.17, 15) is 13.6 Å². The summed E-state index contributed by atoms with van der Waals surface area (Å²) in [6, 6.07) is 2.07. The number of fused-ring (bicyclic) bond motifs is 4. The fourth-order valence-corrected chi connectivity index (χ4v) is 4.34. The Bertz CT molecular complexity index is 939. The molecule has 2 atom stereocenters. The second kappa shape index (κ2) is 7.63. The van der Waals surface area contributed by atoms with Gasteiger partial charge >= 0.3 is 6.03 Å². The van der Waals surface area contributed by atoms with Gasteiger partial charge in [-0.05, 0) is 47.0 Å². The van der Waals surface area contributed by atoms with Gasteiger partial charge in [-0.3, -0.25) is 0 Å². The molecule has 0 aromatic carbocycles. The number of piperidine rings is 2. The van der Waals surface area contributed by atoms with Crippen molar-refractivity contribution in [1.82, 2.24) is 29.8 Å². The molecule has 0 aliphatic carbocycles. The summed E-state index contributed by atoms with van der Waals surface area (Å²) >= 11 is 0. The number of piperazine rings is 1. The van der Waals surface area contributed by atoms with Crippen LogP contribution in [0.25, 0.3) is 5.65 Å². The van der Waals surface area contributed by atoms with Crippen molar-refractivity contribution in [3.8, 4) is 0 Å². The zero-order valence-corrected chi connectivity index (χ0v) is 17.9. The molecule has 2 aromatic rings. The third kappa shape index (κ3) is 4.17. The zero-order valence-electron chi connectivity index (χ0n) is 17.9. The van der Waals surface area contributed by atoms with Crippen molar-refractivity contribution in [1.29, 1.82) is 0 Å². The van der Waals surface area contributed by atoms with E-state index in [1.807, 2.05) is 25.7 Å². The Morgan fingerprint density at radius 1 is 1.27 bits per heavy atom. The van der Waals surface area contributed by atoms with Crippen LogP contribution in [0.1, 0.15) is 51.6 Å². The fourth-order valence-electron chi connectivity index (χ4n) is 4.34. The number of aromatic nitrogens is 4. The Morgan fingerprint density at radius 3 is 2.63 bits per heavy atom. The van der Waals surface area contributed by atoms with Crippen LogP contribution in [-0.2, 0) is 6.42 Å². The molecule has 3 saturated heterocycles. The predicted octanol–water partition coefficient (Wildman–Crippen LogP) is 2.79. The second-order valence-corrected chi connectivity index (χ2v) is 8.84. The molecule has 30 heavy (non-hydrogen) atoms. The number of hydrogen-bond donors (Lipinski definition) is 1. The number of rotatable bonds is 5. The van der Waals surface area contributed by atoms with Gasteiger partial charge in [0.25, 0.3) is 0 Å². The lowest BCUT2D eigenvalue weighted by Crippen LogP contribution is -2.66. The smallest absolute Gasteiger partial charge is 0.317 e. The van der Waals surface area contributed by atoms with Crippen LogP contribution in [0.2, 0.25) is 0 Å². The van der Waals surface area contributed by atoms with Crippen molar-refractivity contribution in [3.63, 3.8) is 0 Å². The summed E-state index contributed by atoms with van der Waals surface area (Å²) in [7, 11) is 0. The number of nitrogens with one attached hydrogen (secondary N) is 1. The van der Waals surface area contributed by atoms with Gasteiger partial charge in [-0.15, -0.1) is 0 Å². The minimum Gasteiger partial charge on any atom is -0.336 e. The summed E-state index contributed by atoms with van der Waals surface area (Å²) in [6.45, 7) is 7.95. The second-order valence-electron chi connectivity index (χ2n) is 8.84. The minimum atomic E-state index is -2.73. The summed E-state index contributed by atoms with van der Waals surface area (Å²) in [4.78, 5) is 25.7. The Morgan fingerprint density at radius 2 is 2.00 bits per heavy atom. The third-order valence-electron chi connectivity index (χ3n) is 5.75. The number of hydrogen-bond acceptors (Lipinski definition) is 5. The summed E-state index contributed by atoms with van der Waals surface area (Å²) in [5.41, 5.74) is 1.19. The molecule has 2 unspecified atom stereocenters. The highest BCUT2D eigenvalue weighted by atomic mass is 19.3. The molecule has 164 valence electrons. The molecule has 2 aromatic heterocycles. The molecule has 0 radical (unpaired) electrons. The number of carbonyl (C=O) groups excluding carboxylic acids is 1. The Kier molecular flexibility index (Phi) is 5.27. The molecule has 3 aliphatic heterocycles. The molecular formula is C20H29F2N7O. The first-order valence-electron chi connectivity index (χ1n) is 10.6. The average Bonchev–Trinajstić information content (AvgIpc) is 3.07. The molecule has 0 saturated carbocycles. The van der Waals surface area contributed by atoms with Crippen LogP contribution in [0.3, 0.4) is 0 Å². The van der Waals surface area contributed by atoms with Crippen LogP contribution in [0.4, 0.5) is 19.5 Å². The summed E-state index contributed by atoms with van der Waals surface area (Å²) in [6.07, 6.45) is 1.85. The van der Waals surface area contributed by atoms with Crippen molar-refractivity contribution in [3.05, 3.63) is 17.6 Å². The first-order valence-corrected chi connectivity index (χ1v) is 10.6. The molecule has 0 spiro atoms. The van der Waals surface area contributed by atoms with E-state index in [1.165, 1.54) is 0 Å². The van der Waals surface area contributed by atoms with Gasteiger partial charge in [0.2, 0.25) is 11.9 Å². The van der Waals surface area contributed by atoms with Crippen LogP contribution >= 0.6 is 0 Å². The van der Waals surface area contributed by atoms with E-state index in [0.717, 1.165) is 19.8 Å². The fraction of sp³-hybridized carbons (Fsp3) is 0.700. The molecule has 8 nitrogen and oxygen atoms in total. The first-order chi connectivity index (χ1) is 14.1. The van der Waals surface area contributed by atoms with Crippen LogP contribution < -0.4 is 10.2 Å². The molecule has 2 bridgehead atoms. The van der Waals surface area contributed by atoms with Crippen LogP contribution in [0.5, 0.6) is 0 Å². The number of carbonyl (C=O) groups is 1. The lowest BCUT2D eigenvalue weighted by molar-refractivity contribution is 0.0130. The van der Waals surface area contributed by atoms with Crippen molar-refractivity contribution in [2.75, 3.05) is 18.0 Å². The standard InChI is InChI=1S/C20H29F2N7O/c1-12(2)23-19(30)28-11-15-5-6-16(28)10-27(15)18-25-13(3)24-17-9-14(26-29(17)18)7-8-20(4,21)22/h9,12,15-16H,5-8,10-11H2,1-4H3,(H,23,30). The van der Waals surface area contributed by atoms with E-state index in [1.54, 1.807) is 10.6 Å². The summed E-state index contributed by atoms with van der Waals surface area (Å²) < 4.78 is 28.2. The SMILES string of the molecule is Cc1nc(N2CC3CCC2CN3C(=O)NC(C)C)n2nc(CCC(C)(F)F)cc2n1. The Balaban J connectivity index is 1.59. The van der Waals surface area contributed by atoms with Gasteiger partial charge in [-0.1, -0.05) is 0 Å². The lowest BCUT2D eigenvalue weighted by Gasteiger charge is -2.51. The van der Waals surface area contributed by atoms with E-state index in [2.05, 4.69) is 25.3 Å². The van der Waals surface area contributed by atoms with Crippen molar-refractivity contribution >= 4 is 17.6 Å². The highest BCUT2D eigenvalue weighted by Crippen LogP contribution is 2.32. The Labute approximate surface area is 174 Å². The average molecular weight is 421 g/mol. The zero-order chi connectivity index (χ0) is 21.6. The van der Waals surface area contributed by atoms with E-state index in [0.29, 0.717) is 36.2 Å². The van der Waals surface area contributed by atoms with Gasteiger partial charge in [-0.2, -0.15) is 14.6 Å². The molecule has 3 aliphatic rings. The van der Waals surface area contributed by atoms with Gasteiger partial charge in [0.1, 0.15) is 5.82 Å². The molecule has 10 heteroatoms. The van der Waals surface area contributed by atoms with Gasteiger partial charge in [0, 0.05) is 37.7 Å². The largest absolute Gasteiger partial charge is 0.336 e. The van der Waals surface area contributed by atoms with Crippen LogP contribution in [0.15, 0.2) is 6.07 Å². The van der Waals surface area contributed by atoms with E-state index in [-0.39, 0.29) is 37.0 Å². The van der Waals surface area contributed by atoms with Gasteiger partial charge in [0.15, 0.2) is 5.65 Å². The maximum Gasteiger partial charge on any atom is 0.317 e. The number of amides is 2.